The van der Waals surface area contributed by atoms with Gasteiger partial charge in [-0.2, -0.15) is 0 Å². The number of thiophene rings is 1. The lowest BCUT2D eigenvalue weighted by Crippen LogP contribution is -2.46. The fourth-order valence-corrected chi connectivity index (χ4v) is 2.26. The van der Waals surface area contributed by atoms with Crippen LogP contribution in [0.15, 0.2) is 6.07 Å². The number of anilines is 2. The molecule has 0 aromatic carbocycles. The van der Waals surface area contributed by atoms with Crippen molar-refractivity contribution in [1.82, 2.24) is 0 Å². The monoisotopic (exact) mass is 210 g/mol. The van der Waals surface area contributed by atoms with E-state index in [1.165, 1.54) is 11.3 Å². The van der Waals surface area contributed by atoms with Crippen LogP contribution in [0, 0.1) is 0 Å². The number of rotatable bonds is 1. The van der Waals surface area contributed by atoms with Gasteiger partial charge in [-0.25, -0.2) is 0 Å². The Labute approximate surface area is 85.3 Å². The van der Waals surface area contributed by atoms with Crippen LogP contribution < -0.4 is 10.6 Å². The maximum absolute atomic E-state index is 11.5. The van der Waals surface area contributed by atoms with Gasteiger partial charge in [-0.05, 0) is 19.9 Å². The molecular formula is C9H10N2O2S. The van der Waals surface area contributed by atoms with Crippen LogP contribution in [0.2, 0.25) is 0 Å². The fourth-order valence-electron chi connectivity index (χ4n) is 1.27. The van der Waals surface area contributed by atoms with Crippen LogP contribution >= 0.6 is 11.3 Å². The van der Waals surface area contributed by atoms with E-state index in [4.69, 9.17) is 0 Å². The predicted octanol–water partition coefficient (Wildman–Crippen LogP) is 1.70. The van der Waals surface area contributed by atoms with Gasteiger partial charge in [0.05, 0.1) is 10.6 Å². The molecule has 2 N–H and O–H groups in total. The highest BCUT2D eigenvalue weighted by Crippen LogP contribution is 2.37. The van der Waals surface area contributed by atoms with Crippen LogP contribution in [0.1, 0.15) is 23.5 Å². The summed E-state index contributed by atoms with van der Waals surface area (Å²) in [7, 11) is 0. The summed E-state index contributed by atoms with van der Waals surface area (Å²) in [6.45, 7) is 3.59. The Balaban J connectivity index is 2.43. The Morgan fingerprint density at radius 2 is 2.21 bits per heavy atom. The first kappa shape index (κ1) is 9.21. The van der Waals surface area contributed by atoms with Crippen molar-refractivity contribution in [2.75, 3.05) is 10.6 Å². The summed E-state index contributed by atoms with van der Waals surface area (Å²) in [6.07, 6.45) is 0.782. The van der Waals surface area contributed by atoms with E-state index in [2.05, 4.69) is 10.6 Å². The molecular weight excluding hydrogens is 200 g/mol. The van der Waals surface area contributed by atoms with Crippen LogP contribution in [-0.2, 0) is 4.79 Å². The lowest BCUT2D eigenvalue weighted by molar-refractivity contribution is -0.119. The van der Waals surface area contributed by atoms with Gasteiger partial charge in [-0.1, -0.05) is 0 Å². The van der Waals surface area contributed by atoms with Gasteiger partial charge < -0.3 is 10.6 Å². The van der Waals surface area contributed by atoms with Crippen LogP contribution in [0.4, 0.5) is 10.7 Å². The van der Waals surface area contributed by atoms with E-state index in [9.17, 15) is 9.59 Å². The Morgan fingerprint density at radius 1 is 1.50 bits per heavy atom. The number of carbonyl (C=O) groups is 2. The van der Waals surface area contributed by atoms with Gasteiger partial charge in [-0.3, -0.25) is 9.59 Å². The lowest BCUT2D eigenvalue weighted by atomic mass is 10.0. The molecule has 0 bridgehead atoms. The third-order valence-corrected chi connectivity index (χ3v) is 3.09. The van der Waals surface area contributed by atoms with Gasteiger partial charge in [0.15, 0.2) is 6.29 Å². The fraction of sp³-hybridized carbons (Fsp3) is 0.333. The summed E-state index contributed by atoms with van der Waals surface area (Å²) in [4.78, 5) is 22.7. The molecule has 4 nitrogen and oxygen atoms in total. The molecule has 1 aliphatic heterocycles. The molecule has 1 aromatic heterocycles. The van der Waals surface area contributed by atoms with E-state index in [-0.39, 0.29) is 5.91 Å². The minimum Gasteiger partial charge on any atom is -0.362 e. The molecule has 0 aliphatic carbocycles. The number of fused-ring (bicyclic) bond motifs is 1. The highest BCUT2D eigenvalue weighted by Gasteiger charge is 2.33. The van der Waals surface area contributed by atoms with Crippen molar-refractivity contribution in [1.29, 1.82) is 0 Å². The van der Waals surface area contributed by atoms with Crippen LogP contribution in [0.5, 0.6) is 0 Å². The molecule has 74 valence electrons. The Bertz CT molecular complexity index is 409. The van der Waals surface area contributed by atoms with Gasteiger partial charge >= 0.3 is 0 Å². The second kappa shape index (κ2) is 2.81. The van der Waals surface area contributed by atoms with Gasteiger partial charge in [0.25, 0.3) is 0 Å². The summed E-state index contributed by atoms with van der Waals surface area (Å²) in [6, 6.07) is 1.67. The molecule has 1 aliphatic rings. The van der Waals surface area contributed by atoms with E-state index < -0.39 is 5.54 Å². The van der Waals surface area contributed by atoms with Gasteiger partial charge in [0.1, 0.15) is 10.5 Å². The van der Waals surface area contributed by atoms with Crippen molar-refractivity contribution < 1.29 is 9.59 Å². The van der Waals surface area contributed by atoms with Crippen molar-refractivity contribution in [3.05, 3.63) is 10.9 Å². The molecule has 0 saturated heterocycles. The Morgan fingerprint density at radius 3 is 2.86 bits per heavy atom. The molecule has 2 heterocycles. The topological polar surface area (TPSA) is 58.2 Å². The molecule has 2 rings (SSSR count). The van der Waals surface area contributed by atoms with E-state index in [1.807, 2.05) is 0 Å². The Kier molecular flexibility index (Phi) is 1.85. The second-order valence-corrected chi connectivity index (χ2v) is 4.80. The third-order valence-electron chi connectivity index (χ3n) is 2.11. The van der Waals surface area contributed by atoms with Crippen molar-refractivity contribution in [3.63, 3.8) is 0 Å². The maximum atomic E-state index is 11.5. The van der Waals surface area contributed by atoms with Crippen molar-refractivity contribution in [2.24, 2.45) is 0 Å². The minimum absolute atomic E-state index is 0.0831. The highest BCUT2D eigenvalue weighted by atomic mass is 32.1. The first-order valence-electron chi connectivity index (χ1n) is 4.21. The van der Waals surface area contributed by atoms with Gasteiger partial charge in [0.2, 0.25) is 5.91 Å². The van der Waals surface area contributed by atoms with Gasteiger partial charge in [0, 0.05) is 0 Å². The molecule has 0 atom stereocenters. The van der Waals surface area contributed by atoms with E-state index in [1.54, 1.807) is 19.9 Å². The summed E-state index contributed by atoms with van der Waals surface area (Å²) in [5, 5.41) is 6.69. The van der Waals surface area contributed by atoms with E-state index in [0.717, 1.165) is 11.3 Å². The summed E-state index contributed by atoms with van der Waals surface area (Å²) >= 11 is 1.35. The average molecular weight is 210 g/mol. The number of hydrogen-bond donors (Lipinski definition) is 2. The largest absolute Gasteiger partial charge is 0.362 e. The molecule has 1 amide bonds. The zero-order chi connectivity index (χ0) is 10.3. The maximum Gasteiger partial charge on any atom is 0.249 e. The third kappa shape index (κ3) is 1.29. The zero-order valence-electron chi connectivity index (χ0n) is 7.88. The number of amides is 1. The smallest absolute Gasteiger partial charge is 0.249 e. The number of carbonyl (C=O) groups excluding carboxylic acids is 2. The van der Waals surface area contributed by atoms with Gasteiger partial charge in [-0.15, -0.1) is 11.3 Å². The summed E-state index contributed by atoms with van der Waals surface area (Å²) in [5.74, 6) is -0.0831. The number of hydrogen-bond acceptors (Lipinski definition) is 4. The molecule has 0 fully saturated rings. The molecule has 1 aromatic rings. The SMILES string of the molecule is CC1(C)Nc2sc(C=O)cc2NC1=O. The molecule has 0 saturated carbocycles. The Hall–Kier alpha value is -1.36. The summed E-state index contributed by atoms with van der Waals surface area (Å²) < 4.78 is 0. The number of nitrogens with one attached hydrogen (secondary N) is 2. The van der Waals surface area contributed by atoms with Crippen LogP contribution in [0.3, 0.4) is 0 Å². The standard InChI is InChI=1S/C9H10N2O2S/c1-9(2)8(13)10-6-3-5(4-12)14-7(6)11-9/h3-4,11H,1-2H3,(H,10,13). The van der Waals surface area contributed by atoms with Crippen molar-refractivity contribution in [2.45, 2.75) is 19.4 Å². The molecule has 0 unspecified atom stereocenters. The highest BCUT2D eigenvalue weighted by molar-refractivity contribution is 7.18. The second-order valence-electron chi connectivity index (χ2n) is 3.71. The lowest BCUT2D eigenvalue weighted by Gasteiger charge is -2.30. The molecule has 14 heavy (non-hydrogen) atoms. The van der Waals surface area contributed by atoms with Crippen molar-refractivity contribution >= 4 is 34.2 Å². The number of aldehydes is 1. The molecule has 0 spiro atoms. The first-order chi connectivity index (χ1) is 6.53. The first-order valence-corrected chi connectivity index (χ1v) is 5.03. The predicted molar refractivity (Wildman–Crippen MR) is 56.0 cm³/mol. The molecule has 0 radical (unpaired) electrons. The average Bonchev–Trinajstić information content (AvgIpc) is 2.47. The zero-order valence-corrected chi connectivity index (χ0v) is 8.70. The van der Waals surface area contributed by atoms with Crippen molar-refractivity contribution in [3.8, 4) is 0 Å². The van der Waals surface area contributed by atoms with E-state index in [0.29, 0.717) is 10.6 Å². The van der Waals surface area contributed by atoms with Crippen LogP contribution in [-0.4, -0.2) is 17.7 Å². The molecule has 5 heteroatoms. The summed E-state index contributed by atoms with van der Waals surface area (Å²) in [5.41, 5.74) is 0.0827. The quantitative estimate of drug-likeness (QED) is 0.694. The van der Waals surface area contributed by atoms with E-state index >= 15 is 0 Å². The van der Waals surface area contributed by atoms with Crippen LogP contribution in [0.25, 0.3) is 0 Å². The minimum atomic E-state index is -0.613. The normalized spacial score (nSPS) is 18.0.